The Morgan fingerprint density at radius 1 is 1.28 bits per heavy atom. The van der Waals surface area contributed by atoms with E-state index in [-0.39, 0.29) is 0 Å². The maximum atomic E-state index is 4.69. The van der Waals surface area contributed by atoms with Crippen LogP contribution in [0.15, 0.2) is 18.5 Å². The molecule has 0 saturated heterocycles. The van der Waals surface area contributed by atoms with Crippen molar-refractivity contribution < 1.29 is 0 Å². The van der Waals surface area contributed by atoms with Gasteiger partial charge in [0.25, 0.3) is 0 Å². The average Bonchev–Trinajstić information content (AvgIpc) is 3.22. The summed E-state index contributed by atoms with van der Waals surface area (Å²) in [4.78, 5) is 17.6. The van der Waals surface area contributed by atoms with Crippen molar-refractivity contribution in [2.24, 2.45) is 0 Å². The van der Waals surface area contributed by atoms with E-state index in [0.29, 0.717) is 11.7 Å². The molecule has 1 saturated carbocycles. The number of rotatable bonds is 3. The number of alkyl halides is 1. The lowest BCUT2D eigenvalue weighted by Gasteiger charge is -2.07. The fourth-order valence-corrected chi connectivity index (χ4v) is 2.37. The Morgan fingerprint density at radius 3 is 2.78 bits per heavy atom. The zero-order valence-electron chi connectivity index (χ0n) is 10.1. The topological polar surface area (TPSA) is 51.6 Å². The van der Waals surface area contributed by atoms with E-state index in [1.54, 1.807) is 6.20 Å². The molecule has 2 aromatic heterocycles. The van der Waals surface area contributed by atoms with Crippen LogP contribution in [0.25, 0.3) is 11.5 Å². The van der Waals surface area contributed by atoms with E-state index < -0.39 is 0 Å². The maximum absolute atomic E-state index is 4.69. The van der Waals surface area contributed by atoms with Crippen molar-refractivity contribution in [3.05, 3.63) is 35.5 Å². The molecule has 1 fully saturated rings. The number of hydrogen-bond donors (Lipinski definition) is 0. The fraction of sp³-hybridized carbons (Fsp3) is 0.385. The van der Waals surface area contributed by atoms with Crippen LogP contribution in [-0.2, 0) is 5.33 Å². The molecule has 0 amide bonds. The van der Waals surface area contributed by atoms with E-state index in [1.807, 2.05) is 19.2 Å². The van der Waals surface area contributed by atoms with Crippen LogP contribution in [0.4, 0.5) is 0 Å². The predicted octanol–water partition coefficient (Wildman–Crippen LogP) is 3.01. The van der Waals surface area contributed by atoms with Gasteiger partial charge in [-0.05, 0) is 25.8 Å². The van der Waals surface area contributed by atoms with E-state index >= 15 is 0 Å². The zero-order valence-corrected chi connectivity index (χ0v) is 11.7. The van der Waals surface area contributed by atoms with Crippen molar-refractivity contribution in [2.75, 3.05) is 0 Å². The average molecular weight is 305 g/mol. The summed E-state index contributed by atoms with van der Waals surface area (Å²) in [6.45, 7) is 1.87. The maximum Gasteiger partial charge on any atom is 0.178 e. The Kier molecular flexibility index (Phi) is 3.07. The van der Waals surface area contributed by atoms with Gasteiger partial charge in [0.2, 0.25) is 0 Å². The number of hydrogen-bond acceptors (Lipinski definition) is 4. The molecule has 4 nitrogen and oxygen atoms in total. The first-order chi connectivity index (χ1) is 8.78. The molecule has 2 heterocycles. The number of nitrogens with zero attached hydrogens (tertiary/aromatic N) is 4. The summed E-state index contributed by atoms with van der Waals surface area (Å²) in [5.41, 5.74) is 3.16. The van der Waals surface area contributed by atoms with Crippen LogP contribution >= 0.6 is 15.9 Å². The summed E-state index contributed by atoms with van der Waals surface area (Å²) < 4.78 is 0. The predicted molar refractivity (Wildman–Crippen MR) is 72.4 cm³/mol. The molecule has 0 unspecified atom stereocenters. The molecular weight excluding hydrogens is 292 g/mol. The molecule has 5 heteroatoms. The number of halogens is 1. The van der Waals surface area contributed by atoms with Gasteiger partial charge in [-0.3, -0.25) is 0 Å². The zero-order chi connectivity index (χ0) is 12.5. The minimum atomic E-state index is 0.613. The lowest BCUT2D eigenvalue weighted by molar-refractivity contribution is 0.948. The minimum absolute atomic E-state index is 0.613. The molecule has 92 valence electrons. The van der Waals surface area contributed by atoms with Gasteiger partial charge in [0.15, 0.2) is 5.82 Å². The Labute approximate surface area is 114 Å². The molecule has 3 rings (SSSR count). The first-order valence-electron chi connectivity index (χ1n) is 5.99. The second-order valence-corrected chi connectivity index (χ2v) is 5.06. The molecule has 0 N–H and O–H groups in total. The molecule has 0 aliphatic heterocycles. The lowest BCUT2D eigenvalue weighted by Crippen LogP contribution is -2.01. The lowest BCUT2D eigenvalue weighted by atomic mass is 10.2. The first kappa shape index (κ1) is 11.7. The van der Waals surface area contributed by atoms with Gasteiger partial charge in [0, 0.05) is 29.2 Å². The first-order valence-corrected chi connectivity index (χ1v) is 7.12. The van der Waals surface area contributed by atoms with Gasteiger partial charge < -0.3 is 0 Å². The molecule has 0 aromatic carbocycles. The third-order valence-corrected chi connectivity index (χ3v) is 3.62. The third-order valence-electron chi connectivity index (χ3n) is 3.01. The van der Waals surface area contributed by atoms with Crippen molar-refractivity contribution >= 4 is 15.9 Å². The number of aromatic nitrogens is 4. The Morgan fingerprint density at radius 2 is 2.11 bits per heavy atom. The van der Waals surface area contributed by atoms with E-state index in [1.165, 1.54) is 24.1 Å². The molecule has 0 atom stereocenters. The van der Waals surface area contributed by atoms with E-state index in [2.05, 4.69) is 35.9 Å². The van der Waals surface area contributed by atoms with Gasteiger partial charge in [-0.25, -0.2) is 19.9 Å². The van der Waals surface area contributed by atoms with E-state index in [9.17, 15) is 0 Å². The highest BCUT2D eigenvalue weighted by atomic mass is 79.9. The molecule has 1 aliphatic carbocycles. The van der Waals surface area contributed by atoms with Crippen LogP contribution < -0.4 is 0 Å². The highest BCUT2D eigenvalue weighted by molar-refractivity contribution is 9.08. The van der Waals surface area contributed by atoms with Crippen LogP contribution in [0.2, 0.25) is 0 Å². The Bertz CT molecular complexity index is 581. The second-order valence-electron chi connectivity index (χ2n) is 4.50. The standard InChI is InChI=1S/C13H13BrN4/c1-8-15-5-4-11(17-8)13-16-7-10(6-14)12(18-13)9-2-3-9/h4-5,7,9H,2-3,6H2,1H3. The monoisotopic (exact) mass is 304 g/mol. The minimum Gasteiger partial charge on any atom is -0.242 e. The van der Waals surface area contributed by atoms with Gasteiger partial charge in [0.1, 0.15) is 11.5 Å². The van der Waals surface area contributed by atoms with Crippen molar-refractivity contribution in [1.29, 1.82) is 0 Å². The van der Waals surface area contributed by atoms with Gasteiger partial charge >= 0.3 is 0 Å². The van der Waals surface area contributed by atoms with Crippen molar-refractivity contribution in [2.45, 2.75) is 31.0 Å². The van der Waals surface area contributed by atoms with Gasteiger partial charge in [0.05, 0.1) is 5.69 Å². The fourth-order valence-electron chi connectivity index (χ4n) is 1.94. The van der Waals surface area contributed by atoms with Crippen molar-refractivity contribution in [3.8, 4) is 11.5 Å². The van der Waals surface area contributed by atoms with Crippen molar-refractivity contribution in [1.82, 2.24) is 19.9 Å². The number of aryl methyl sites for hydroxylation is 1. The summed E-state index contributed by atoms with van der Waals surface area (Å²) >= 11 is 3.49. The van der Waals surface area contributed by atoms with E-state index in [4.69, 9.17) is 0 Å². The highest BCUT2D eigenvalue weighted by Gasteiger charge is 2.28. The molecule has 0 bridgehead atoms. The SMILES string of the molecule is Cc1nccc(-c2ncc(CBr)c(C3CC3)n2)n1. The molecule has 2 aromatic rings. The van der Waals surface area contributed by atoms with Crippen LogP contribution in [-0.4, -0.2) is 19.9 Å². The third kappa shape index (κ3) is 2.27. The Balaban J connectivity index is 2.05. The Hall–Kier alpha value is -1.36. The van der Waals surface area contributed by atoms with Crippen LogP contribution in [0, 0.1) is 6.92 Å². The normalized spacial score (nSPS) is 14.8. The van der Waals surface area contributed by atoms with E-state index in [0.717, 1.165) is 16.8 Å². The highest BCUT2D eigenvalue weighted by Crippen LogP contribution is 2.41. The second kappa shape index (κ2) is 4.72. The summed E-state index contributed by atoms with van der Waals surface area (Å²) in [5.74, 6) is 2.06. The van der Waals surface area contributed by atoms with Gasteiger partial charge in [-0.15, -0.1) is 0 Å². The van der Waals surface area contributed by atoms with Gasteiger partial charge in [-0.1, -0.05) is 15.9 Å². The molecule has 1 aliphatic rings. The summed E-state index contributed by atoms with van der Waals surface area (Å²) in [6.07, 6.45) is 6.12. The van der Waals surface area contributed by atoms with Crippen LogP contribution in [0.3, 0.4) is 0 Å². The smallest absolute Gasteiger partial charge is 0.178 e. The van der Waals surface area contributed by atoms with Crippen LogP contribution in [0.1, 0.15) is 35.8 Å². The summed E-state index contributed by atoms with van der Waals surface area (Å²) in [7, 11) is 0. The molecule has 18 heavy (non-hydrogen) atoms. The van der Waals surface area contributed by atoms with Gasteiger partial charge in [-0.2, -0.15) is 0 Å². The molecular formula is C13H13BrN4. The molecule has 0 radical (unpaired) electrons. The van der Waals surface area contributed by atoms with Crippen molar-refractivity contribution in [3.63, 3.8) is 0 Å². The molecule has 0 spiro atoms. The quantitative estimate of drug-likeness (QED) is 0.818. The summed E-state index contributed by atoms with van der Waals surface area (Å²) in [6, 6.07) is 1.85. The summed E-state index contributed by atoms with van der Waals surface area (Å²) in [5, 5.41) is 0.807. The van der Waals surface area contributed by atoms with Crippen LogP contribution in [0.5, 0.6) is 0 Å². The largest absolute Gasteiger partial charge is 0.242 e.